The minimum atomic E-state index is -4.91. The number of hydrogen-bond donors (Lipinski definition) is 2. The monoisotopic (exact) mass is 572 g/mol. The highest BCUT2D eigenvalue weighted by Crippen LogP contribution is 2.55. The van der Waals surface area contributed by atoms with Crippen molar-refractivity contribution < 1.29 is 46.1 Å². The van der Waals surface area contributed by atoms with Crippen LogP contribution in [0.2, 0.25) is 0 Å². The number of nitrogens with one attached hydrogen (secondary N) is 1. The molecule has 0 radical (unpaired) electrons. The van der Waals surface area contributed by atoms with Crippen molar-refractivity contribution in [3.05, 3.63) is 47.7 Å². The number of aliphatic hydroxyl groups is 1. The van der Waals surface area contributed by atoms with Gasteiger partial charge in [0.05, 0.1) is 26.3 Å². The maximum atomic E-state index is 14.6. The number of rotatable bonds is 6. The number of piperazine rings is 1. The van der Waals surface area contributed by atoms with Gasteiger partial charge in [0.25, 0.3) is 5.91 Å². The second-order valence-electron chi connectivity index (χ2n) is 10.1. The van der Waals surface area contributed by atoms with E-state index in [4.69, 9.17) is 9.47 Å². The Kier molecular flexibility index (Phi) is 8.07. The molecule has 2 saturated heterocycles. The average molecular weight is 573 g/mol. The molecule has 0 bridgehead atoms. The molecule has 2 aromatic rings. The van der Waals surface area contributed by atoms with Crippen LogP contribution in [0.1, 0.15) is 25.3 Å². The van der Waals surface area contributed by atoms with Crippen molar-refractivity contribution in [2.45, 2.75) is 43.7 Å². The van der Waals surface area contributed by atoms with Gasteiger partial charge in [0.15, 0.2) is 17.2 Å². The first-order chi connectivity index (χ1) is 18.7. The largest absolute Gasteiger partial charge is 0.493 e. The number of likely N-dealkylation sites (N-methyl/N-ethyl adjacent to an activating group) is 1. The average Bonchev–Trinajstić information content (AvgIpc) is 3.16. The number of anilines is 2. The Morgan fingerprint density at radius 1 is 1.30 bits per heavy atom. The molecule has 5 atom stereocenters. The number of methoxy groups -OCH3 is 1. The molecule has 14 heteroatoms. The van der Waals surface area contributed by atoms with E-state index in [9.17, 15) is 36.6 Å². The van der Waals surface area contributed by atoms with Crippen LogP contribution in [-0.2, 0) is 14.3 Å². The maximum absolute atomic E-state index is 14.6. The predicted octanol–water partition coefficient (Wildman–Crippen LogP) is 3.09. The molecule has 2 aliphatic heterocycles. The molecule has 1 aromatic heterocycles. The highest BCUT2D eigenvalue weighted by atomic mass is 19.4. The summed E-state index contributed by atoms with van der Waals surface area (Å²) in [6.07, 6.45) is -5.40. The second kappa shape index (κ2) is 10.9. The van der Waals surface area contributed by atoms with Gasteiger partial charge in [-0.25, -0.2) is 9.37 Å². The molecule has 0 spiro atoms. The lowest BCUT2D eigenvalue weighted by Crippen LogP contribution is -2.57. The molecule has 2 fully saturated rings. The van der Waals surface area contributed by atoms with Crippen molar-refractivity contribution in [2.75, 3.05) is 44.1 Å². The summed E-state index contributed by atoms with van der Waals surface area (Å²) in [5, 5.41) is 12.3. The van der Waals surface area contributed by atoms with E-state index in [-0.39, 0.29) is 36.1 Å². The zero-order valence-electron chi connectivity index (χ0n) is 22.1. The lowest BCUT2D eigenvalue weighted by Gasteiger charge is -2.38. The van der Waals surface area contributed by atoms with Crippen molar-refractivity contribution in [1.29, 1.82) is 0 Å². The summed E-state index contributed by atoms with van der Waals surface area (Å²) in [5.41, 5.74) is -2.88. The predicted molar refractivity (Wildman–Crippen MR) is 133 cm³/mol. The summed E-state index contributed by atoms with van der Waals surface area (Å²) < 4.78 is 81.4. The van der Waals surface area contributed by atoms with Gasteiger partial charge < -0.3 is 19.9 Å². The first kappa shape index (κ1) is 29.6. The zero-order valence-corrected chi connectivity index (χ0v) is 22.1. The number of pyridine rings is 1. The van der Waals surface area contributed by atoms with E-state index in [1.54, 1.807) is 11.9 Å². The van der Waals surface area contributed by atoms with Gasteiger partial charge in [0.1, 0.15) is 11.9 Å². The number of hydrogen-bond acceptors (Lipinski definition) is 7. The Balaban J connectivity index is 1.69. The lowest BCUT2D eigenvalue weighted by atomic mass is 9.77. The molecule has 40 heavy (non-hydrogen) atoms. The van der Waals surface area contributed by atoms with E-state index in [0.717, 1.165) is 26.2 Å². The van der Waals surface area contributed by atoms with E-state index in [0.29, 0.717) is 6.54 Å². The Hall–Kier alpha value is -3.36. The van der Waals surface area contributed by atoms with E-state index < -0.39 is 59.1 Å². The Labute approximate surface area is 226 Å². The quantitative estimate of drug-likeness (QED) is 0.513. The maximum Gasteiger partial charge on any atom is 0.417 e. The van der Waals surface area contributed by atoms with Crippen LogP contribution >= 0.6 is 0 Å². The van der Waals surface area contributed by atoms with Crippen LogP contribution in [0.15, 0.2) is 30.5 Å². The van der Waals surface area contributed by atoms with Crippen molar-refractivity contribution in [1.82, 2.24) is 9.88 Å². The molecule has 3 heterocycles. The molecular weight excluding hydrogens is 543 g/mol. The number of halogens is 5. The zero-order chi connectivity index (χ0) is 29.6. The molecule has 9 nitrogen and oxygen atoms in total. The SMILES string of the molecule is COc1c([C@H]2[C@H](C(=O)Nc3ccnc(N4C(=O)CN(C)C[C@H]4CO)c3)O[C@@](C)(C(F)(F)F)[C@H]2C)ccc(F)c1F. The Morgan fingerprint density at radius 3 is 2.62 bits per heavy atom. The third kappa shape index (κ3) is 5.10. The number of aromatic nitrogens is 1. The van der Waals surface area contributed by atoms with E-state index >= 15 is 0 Å². The van der Waals surface area contributed by atoms with Crippen molar-refractivity contribution >= 4 is 23.3 Å². The normalized spacial score (nSPS) is 27.6. The van der Waals surface area contributed by atoms with Crippen LogP contribution < -0.4 is 15.0 Å². The van der Waals surface area contributed by atoms with Crippen molar-refractivity contribution in [3.8, 4) is 5.75 Å². The van der Waals surface area contributed by atoms with Gasteiger partial charge in [0, 0.05) is 41.9 Å². The Morgan fingerprint density at radius 2 is 2.00 bits per heavy atom. The molecule has 2 amide bonds. The first-order valence-electron chi connectivity index (χ1n) is 12.4. The second-order valence-corrected chi connectivity index (χ2v) is 10.1. The fourth-order valence-corrected chi connectivity index (χ4v) is 5.35. The Bertz CT molecular complexity index is 1290. The lowest BCUT2D eigenvalue weighted by molar-refractivity contribution is -0.272. The van der Waals surface area contributed by atoms with Crippen LogP contribution in [0.5, 0.6) is 5.75 Å². The van der Waals surface area contributed by atoms with E-state index in [1.165, 1.54) is 30.2 Å². The molecule has 0 aliphatic carbocycles. The number of ether oxygens (including phenoxy) is 2. The molecule has 1 aromatic carbocycles. The number of aliphatic hydroxyl groups excluding tert-OH is 1. The standard InChI is InChI=1S/C26H29F5N4O5/c1-13-20(16-5-6-17(27)21(28)22(16)39-4)23(40-25(13,2)26(29,30)31)24(38)33-14-7-8-32-18(9-14)35-15(12-36)10-34(3)11-19(35)37/h5-9,13,15,20,23,36H,10-12H2,1-4H3,(H,32,33,38)/t13-,15-,20-,23+,25+/m0/s1. The molecular formula is C26H29F5N4O5. The van der Waals surface area contributed by atoms with Crippen LogP contribution in [-0.4, -0.2) is 84.6 Å². The number of alkyl halides is 3. The summed E-state index contributed by atoms with van der Waals surface area (Å²) in [6, 6.07) is 3.92. The molecule has 218 valence electrons. The van der Waals surface area contributed by atoms with Crippen molar-refractivity contribution in [2.24, 2.45) is 5.92 Å². The number of amides is 2. The molecule has 0 unspecified atom stereocenters. The van der Waals surface area contributed by atoms with Crippen LogP contribution in [0.3, 0.4) is 0 Å². The summed E-state index contributed by atoms with van der Waals surface area (Å²) >= 11 is 0. The number of nitrogens with zero attached hydrogens (tertiary/aromatic N) is 3. The van der Waals surface area contributed by atoms with Gasteiger partial charge in [-0.15, -0.1) is 0 Å². The van der Waals surface area contributed by atoms with Gasteiger partial charge >= 0.3 is 6.18 Å². The summed E-state index contributed by atoms with van der Waals surface area (Å²) in [5.74, 6) is -7.30. The van der Waals surface area contributed by atoms with Gasteiger partial charge in [0.2, 0.25) is 11.7 Å². The number of carbonyl (C=O) groups excluding carboxylic acids is 2. The molecule has 4 rings (SSSR count). The van der Waals surface area contributed by atoms with E-state index in [2.05, 4.69) is 10.3 Å². The highest BCUT2D eigenvalue weighted by molar-refractivity contribution is 5.98. The van der Waals surface area contributed by atoms with Gasteiger partial charge in [-0.2, -0.15) is 17.6 Å². The first-order valence-corrected chi connectivity index (χ1v) is 12.4. The van der Waals surface area contributed by atoms with Gasteiger partial charge in [-0.05, 0) is 26.1 Å². The van der Waals surface area contributed by atoms with Crippen LogP contribution in [0.25, 0.3) is 0 Å². The number of carbonyl (C=O) groups is 2. The smallest absolute Gasteiger partial charge is 0.417 e. The van der Waals surface area contributed by atoms with Gasteiger partial charge in [-0.3, -0.25) is 19.4 Å². The van der Waals surface area contributed by atoms with E-state index in [1.807, 2.05) is 0 Å². The number of benzene rings is 1. The third-order valence-electron chi connectivity index (χ3n) is 7.60. The fourth-order valence-electron chi connectivity index (χ4n) is 5.35. The van der Waals surface area contributed by atoms with Crippen LogP contribution in [0, 0.1) is 17.6 Å². The molecule has 0 saturated carbocycles. The van der Waals surface area contributed by atoms with Crippen molar-refractivity contribution in [3.63, 3.8) is 0 Å². The minimum Gasteiger partial charge on any atom is -0.493 e. The highest BCUT2D eigenvalue weighted by Gasteiger charge is 2.66. The molecule has 2 aliphatic rings. The minimum absolute atomic E-state index is 0.0658. The molecule has 2 N–H and O–H groups in total. The topological polar surface area (TPSA) is 104 Å². The summed E-state index contributed by atoms with van der Waals surface area (Å²) in [7, 11) is 2.76. The summed E-state index contributed by atoms with van der Waals surface area (Å²) in [4.78, 5) is 33.3. The van der Waals surface area contributed by atoms with Crippen LogP contribution in [0.4, 0.5) is 33.5 Å². The third-order valence-corrected chi connectivity index (χ3v) is 7.60. The summed E-state index contributed by atoms with van der Waals surface area (Å²) in [6.45, 7) is 2.09. The fraction of sp³-hybridized carbons (Fsp3) is 0.500. The van der Waals surface area contributed by atoms with Gasteiger partial charge in [-0.1, -0.05) is 13.0 Å².